The Balaban J connectivity index is 2.71. The van der Waals surface area contributed by atoms with Crippen molar-refractivity contribution in [1.82, 2.24) is 0 Å². The van der Waals surface area contributed by atoms with Gasteiger partial charge in [-0.25, -0.2) is 13.2 Å². The van der Waals surface area contributed by atoms with Gasteiger partial charge in [0.25, 0.3) is 0 Å². The molecule has 2 aromatic carbocycles. The summed E-state index contributed by atoms with van der Waals surface area (Å²) in [6, 6.07) is 7.90. The Kier molecular flexibility index (Phi) is 4.20. The lowest BCUT2D eigenvalue weighted by Crippen LogP contribution is -2.39. The molecule has 106 valence electrons. The monoisotopic (exact) mass is 343 g/mol. The van der Waals surface area contributed by atoms with Gasteiger partial charge in [-0.05, 0) is 52.2 Å². The first-order valence-electron chi connectivity index (χ1n) is 6.09. The van der Waals surface area contributed by atoms with E-state index < -0.39 is 23.0 Å². The third-order valence-electron chi connectivity index (χ3n) is 3.39. The van der Waals surface area contributed by atoms with Crippen molar-refractivity contribution < 1.29 is 13.2 Å². The number of rotatable bonds is 3. The van der Waals surface area contributed by atoms with Crippen molar-refractivity contribution in [2.45, 2.75) is 18.9 Å². The zero-order valence-corrected chi connectivity index (χ0v) is 12.3. The van der Waals surface area contributed by atoms with Crippen LogP contribution in [0.5, 0.6) is 0 Å². The summed E-state index contributed by atoms with van der Waals surface area (Å²) in [5.74, 6) is -2.01. The molecule has 2 N–H and O–H groups in total. The van der Waals surface area contributed by atoms with Gasteiger partial charge in [0.15, 0.2) is 0 Å². The van der Waals surface area contributed by atoms with Crippen LogP contribution >= 0.6 is 15.9 Å². The van der Waals surface area contributed by atoms with Gasteiger partial charge in [0, 0.05) is 5.56 Å². The lowest BCUT2D eigenvalue weighted by Gasteiger charge is -2.30. The molecule has 0 fully saturated rings. The average molecular weight is 344 g/mol. The minimum absolute atomic E-state index is 0.119. The highest BCUT2D eigenvalue weighted by Gasteiger charge is 2.34. The molecule has 0 radical (unpaired) electrons. The highest BCUT2D eigenvalue weighted by atomic mass is 79.9. The van der Waals surface area contributed by atoms with Crippen LogP contribution in [0.3, 0.4) is 0 Å². The van der Waals surface area contributed by atoms with Gasteiger partial charge in [0.05, 0.1) is 10.0 Å². The summed E-state index contributed by atoms with van der Waals surface area (Å²) in [5, 5.41) is 0. The lowest BCUT2D eigenvalue weighted by atomic mass is 9.81. The van der Waals surface area contributed by atoms with Crippen molar-refractivity contribution in [3.05, 3.63) is 69.4 Å². The molecule has 0 heterocycles. The van der Waals surface area contributed by atoms with E-state index in [0.717, 1.165) is 6.07 Å². The van der Waals surface area contributed by atoms with Crippen LogP contribution in [0.4, 0.5) is 13.2 Å². The van der Waals surface area contributed by atoms with E-state index in [1.54, 1.807) is 13.0 Å². The third-order valence-corrected chi connectivity index (χ3v) is 4.00. The second-order valence-electron chi connectivity index (χ2n) is 4.55. The summed E-state index contributed by atoms with van der Waals surface area (Å²) >= 11 is 3.02. The second-order valence-corrected chi connectivity index (χ2v) is 5.41. The minimum Gasteiger partial charge on any atom is -0.318 e. The van der Waals surface area contributed by atoms with Gasteiger partial charge < -0.3 is 5.73 Å². The topological polar surface area (TPSA) is 26.0 Å². The van der Waals surface area contributed by atoms with Crippen molar-refractivity contribution in [3.8, 4) is 0 Å². The summed E-state index contributed by atoms with van der Waals surface area (Å²) in [4.78, 5) is 0. The Bertz CT molecular complexity index is 645. The smallest absolute Gasteiger partial charge is 0.145 e. The summed E-state index contributed by atoms with van der Waals surface area (Å²) in [6.45, 7) is 1.70. The number of halogens is 4. The van der Waals surface area contributed by atoms with Gasteiger partial charge >= 0.3 is 0 Å². The maximum atomic E-state index is 14.3. The maximum absolute atomic E-state index is 14.3. The van der Waals surface area contributed by atoms with Crippen LogP contribution in [0.1, 0.15) is 24.5 Å². The predicted octanol–water partition coefficient (Wildman–Crippen LogP) is 4.48. The molecular weight excluding hydrogens is 331 g/mol. The van der Waals surface area contributed by atoms with E-state index in [2.05, 4.69) is 15.9 Å². The van der Waals surface area contributed by atoms with E-state index in [9.17, 15) is 13.2 Å². The van der Waals surface area contributed by atoms with E-state index in [0.29, 0.717) is 5.56 Å². The Hall–Kier alpha value is -1.33. The molecule has 2 rings (SSSR count). The number of hydrogen-bond acceptors (Lipinski definition) is 1. The standard InChI is InChI=1S/C15H13BrF3N/c1-2-15(20,9-4-3-5-10(17)8-9)13-12(18)7-6-11(16)14(13)19/h3-8H,2,20H2,1H3. The molecule has 0 saturated heterocycles. The zero-order valence-electron chi connectivity index (χ0n) is 10.8. The van der Waals surface area contributed by atoms with Gasteiger partial charge in [0.2, 0.25) is 0 Å². The molecule has 2 aromatic rings. The van der Waals surface area contributed by atoms with Gasteiger partial charge in [-0.3, -0.25) is 0 Å². The van der Waals surface area contributed by atoms with Crippen molar-refractivity contribution in [3.63, 3.8) is 0 Å². The fourth-order valence-corrected chi connectivity index (χ4v) is 2.56. The molecule has 0 bridgehead atoms. The summed E-state index contributed by atoms with van der Waals surface area (Å²) < 4.78 is 41.8. The van der Waals surface area contributed by atoms with Crippen molar-refractivity contribution in [2.75, 3.05) is 0 Å². The van der Waals surface area contributed by atoms with Crippen LogP contribution in [-0.2, 0) is 5.54 Å². The molecule has 0 amide bonds. The van der Waals surface area contributed by atoms with Gasteiger partial charge in [-0.2, -0.15) is 0 Å². The Morgan fingerprint density at radius 3 is 2.45 bits per heavy atom. The molecule has 5 heteroatoms. The van der Waals surface area contributed by atoms with Crippen molar-refractivity contribution in [1.29, 1.82) is 0 Å². The van der Waals surface area contributed by atoms with E-state index in [-0.39, 0.29) is 16.5 Å². The van der Waals surface area contributed by atoms with Gasteiger partial charge in [-0.1, -0.05) is 19.1 Å². The third kappa shape index (κ3) is 2.47. The van der Waals surface area contributed by atoms with Crippen LogP contribution < -0.4 is 5.73 Å². The summed E-state index contributed by atoms with van der Waals surface area (Å²) in [7, 11) is 0. The van der Waals surface area contributed by atoms with Gasteiger partial charge in [-0.15, -0.1) is 0 Å². The SMILES string of the molecule is CCC(N)(c1cccc(F)c1)c1c(F)ccc(Br)c1F. The van der Waals surface area contributed by atoms with Crippen molar-refractivity contribution >= 4 is 15.9 Å². The highest BCUT2D eigenvalue weighted by Crippen LogP contribution is 2.36. The van der Waals surface area contributed by atoms with Crippen LogP contribution in [-0.4, -0.2) is 0 Å². The summed E-state index contributed by atoms with van der Waals surface area (Å²) in [6.07, 6.45) is 0.223. The first-order valence-corrected chi connectivity index (χ1v) is 6.88. The van der Waals surface area contributed by atoms with Crippen molar-refractivity contribution in [2.24, 2.45) is 5.73 Å². The van der Waals surface area contributed by atoms with Crippen LogP contribution in [0.2, 0.25) is 0 Å². The molecule has 0 aliphatic rings. The molecule has 0 spiro atoms. The second kappa shape index (κ2) is 5.58. The molecule has 0 aliphatic carbocycles. The first-order chi connectivity index (χ1) is 9.40. The van der Waals surface area contributed by atoms with E-state index in [4.69, 9.17) is 5.73 Å². The Morgan fingerprint density at radius 2 is 1.85 bits per heavy atom. The molecule has 20 heavy (non-hydrogen) atoms. The lowest BCUT2D eigenvalue weighted by molar-refractivity contribution is 0.439. The molecule has 0 aliphatic heterocycles. The van der Waals surface area contributed by atoms with E-state index in [1.165, 1.54) is 24.3 Å². The zero-order chi connectivity index (χ0) is 14.9. The van der Waals surface area contributed by atoms with E-state index >= 15 is 0 Å². The highest BCUT2D eigenvalue weighted by molar-refractivity contribution is 9.10. The summed E-state index contributed by atoms with van der Waals surface area (Å²) in [5.41, 5.74) is 4.85. The van der Waals surface area contributed by atoms with Crippen LogP contribution in [0.15, 0.2) is 40.9 Å². The Morgan fingerprint density at radius 1 is 1.15 bits per heavy atom. The van der Waals surface area contributed by atoms with Gasteiger partial charge in [0.1, 0.15) is 17.5 Å². The van der Waals surface area contributed by atoms with Crippen LogP contribution in [0.25, 0.3) is 0 Å². The quantitative estimate of drug-likeness (QED) is 0.817. The molecule has 1 nitrogen and oxygen atoms in total. The number of benzene rings is 2. The molecule has 0 saturated carbocycles. The minimum atomic E-state index is -1.43. The van der Waals surface area contributed by atoms with E-state index in [1.807, 2.05) is 0 Å². The normalized spacial score (nSPS) is 14.1. The number of hydrogen-bond donors (Lipinski definition) is 1. The molecule has 1 atom stereocenters. The average Bonchev–Trinajstić information content (AvgIpc) is 2.43. The molecular formula is C15H13BrF3N. The molecule has 1 unspecified atom stereocenters. The first kappa shape index (κ1) is 15.1. The fourth-order valence-electron chi connectivity index (χ4n) is 2.23. The predicted molar refractivity (Wildman–Crippen MR) is 75.7 cm³/mol. The molecule has 0 aromatic heterocycles. The maximum Gasteiger partial charge on any atom is 0.145 e. The fraction of sp³-hybridized carbons (Fsp3) is 0.200. The van der Waals surface area contributed by atoms with Crippen LogP contribution in [0, 0.1) is 17.5 Å². The largest absolute Gasteiger partial charge is 0.318 e. The number of nitrogens with two attached hydrogens (primary N) is 1. The Labute approximate surface area is 123 Å².